The first kappa shape index (κ1) is 26.0. The number of nitrogens with two attached hydrogens (primary N) is 1. The summed E-state index contributed by atoms with van der Waals surface area (Å²) >= 11 is 0. The van der Waals surface area contributed by atoms with E-state index < -0.39 is 0 Å². The smallest absolute Gasteiger partial charge is 0.298 e. The minimum Gasteiger partial charge on any atom is -0.494 e. The van der Waals surface area contributed by atoms with Crippen molar-refractivity contribution >= 4 is 34.2 Å². The summed E-state index contributed by atoms with van der Waals surface area (Å²) in [5.41, 5.74) is 11.7. The van der Waals surface area contributed by atoms with Crippen LogP contribution < -0.4 is 25.4 Å². The Kier molecular flexibility index (Phi) is 7.63. The molecule has 11 nitrogen and oxygen atoms in total. The number of imidazole rings is 1. The molecule has 4 aromatic rings. The summed E-state index contributed by atoms with van der Waals surface area (Å²) in [6, 6.07) is 8.31. The first-order valence-corrected chi connectivity index (χ1v) is 12.1. The highest BCUT2D eigenvalue weighted by Crippen LogP contribution is 2.36. The molecule has 0 bridgehead atoms. The third-order valence-electron chi connectivity index (χ3n) is 6.05. The number of benzene rings is 1. The normalized spacial score (nSPS) is 11.4. The average molecular weight is 506 g/mol. The number of methoxy groups -OCH3 is 2. The molecule has 0 aliphatic rings. The average Bonchev–Trinajstić information content (AvgIpc) is 3.26. The quantitative estimate of drug-likeness (QED) is 0.308. The second-order valence-electron chi connectivity index (χ2n) is 9.36. The van der Waals surface area contributed by atoms with Crippen molar-refractivity contribution in [1.82, 2.24) is 29.4 Å². The van der Waals surface area contributed by atoms with Gasteiger partial charge in [0.05, 0.1) is 42.5 Å². The molecule has 0 saturated carbocycles. The number of fused-ring (bicyclic) bond motifs is 1. The SMILES string of the molecule is COc1cc(N(C)CCN(C)C)c(N)cc1Nc1nccc(-c2cnc3nc(OC)n(C(C)C)c3c2)n1. The largest absolute Gasteiger partial charge is 0.494 e. The van der Waals surface area contributed by atoms with E-state index in [1.807, 2.05) is 50.0 Å². The van der Waals surface area contributed by atoms with Crippen molar-refractivity contribution < 1.29 is 9.47 Å². The standard InChI is InChI=1S/C26H35N9O2/c1-16(2)35-22-12-17(15-29-24(22)32-26(35)37-7)19-8-9-28-25(30-19)31-20-13-18(27)21(14-23(20)36-6)34(5)11-10-33(3)4/h8-9,12-16H,10-11,27H2,1-7H3,(H,28,30,31). The van der Waals surface area contributed by atoms with Crippen LogP contribution in [0.4, 0.5) is 23.0 Å². The van der Waals surface area contributed by atoms with Crippen molar-refractivity contribution in [3.05, 3.63) is 36.7 Å². The van der Waals surface area contributed by atoms with Gasteiger partial charge in [0.15, 0.2) is 5.65 Å². The zero-order valence-corrected chi connectivity index (χ0v) is 22.5. The van der Waals surface area contributed by atoms with Gasteiger partial charge >= 0.3 is 0 Å². The van der Waals surface area contributed by atoms with E-state index in [0.717, 1.165) is 29.9 Å². The summed E-state index contributed by atoms with van der Waals surface area (Å²) < 4.78 is 13.1. The van der Waals surface area contributed by atoms with Gasteiger partial charge < -0.3 is 30.3 Å². The maximum atomic E-state index is 6.41. The van der Waals surface area contributed by atoms with Gasteiger partial charge in [0.25, 0.3) is 6.01 Å². The molecular formula is C26H35N9O2. The fraction of sp³-hybridized carbons (Fsp3) is 0.385. The Morgan fingerprint density at radius 1 is 1.03 bits per heavy atom. The van der Waals surface area contributed by atoms with Gasteiger partial charge in [-0.1, -0.05) is 0 Å². The summed E-state index contributed by atoms with van der Waals surface area (Å²) in [6.07, 6.45) is 3.46. The maximum absolute atomic E-state index is 6.41. The van der Waals surface area contributed by atoms with E-state index >= 15 is 0 Å². The zero-order chi connectivity index (χ0) is 26.7. The summed E-state index contributed by atoms with van der Waals surface area (Å²) in [5, 5.41) is 3.26. The molecule has 0 spiro atoms. The number of hydrogen-bond acceptors (Lipinski definition) is 10. The van der Waals surface area contributed by atoms with Crippen LogP contribution in [0, 0.1) is 0 Å². The minimum absolute atomic E-state index is 0.155. The van der Waals surface area contributed by atoms with Crippen LogP contribution in [0.1, 0.15) is 19.9 Å². The van der Waals surface area contributed by atoms with Crippen LogP contribution in [0.2, 0.25) is 0 Å². The van der Waals surface area contributed by atoms with Crippen molar-refractivity contribution in [1.29, 1.82) is 0 Å². The van der Waals surface area contributed by atoms with Gasteiger partial charge in [0, 0.05) is 50.2 Å². The van der Waals surface area contributed by atoms with Gasteiger partial charge in [-0.05, 0) is 46.1 Å². The van der Waals surface area contributed by atoms with E-state index in [1.165, 1.54) is 0 Å². The molecule has 3 N–H and O–H groups in total. The molecule has 1 aromatic carbocycles. The number of hydrogen-bond donors (Lipinski definition) is 2. The van der Waals surface area contributed by atoms with Crippen LogP contribution in [-0.4, -0.2) is 77.9 Å². The Hall–Kier alpha value is -4.12. The fourth-order valence-electron chi connectivity index (χ4n) is 4.09. The lowest BCUT2D eigenvalue weighted by Crippen LogP contribution is -2.29. The second kappa shape index (κ2) is 10.9. The highest BCUT2D eigenvalue weighted by molar-refractivity contribution is 5.80. The van der Waals surface area contributed by atoms with Gasteiger partial charge in [-0.3, -0.25) is 4.57 Å². The summed E-state index contributed by atoms with van der Waals surface area (Å²) in [4.78, 5) is 22.4. The van der Waals surface area contributed by atoms with Crippen molar-refractivity contribution in [2.75, 3.05) is 64.4 Å². The summed E-state index contributed by atoms with van der Waals surface area (Å²) in [6.45, 7) is 5.89. The van der Waals surface area contributed by atoms with Crippen molar-refractivity contribution in [2.45, 2.75) is 19.9 Å². The molecule has 0 radical (unpaired) electrons. The Bertz CT molecular complexity index is 1380. The molecule has 0 amide bonds. The lowest BCUT2D eigenvalue weighted by Gasteiger charge is -2.24. The Labute approximate surface area is 217 Å². The first-order chi connectivity index (χ1) is 17.7. The van der Waals surface area contributed by atoms with Gasteiger partial charge in [-0.2, -0.15) is 4.98 Å². The highest BCUT2D eigenvalue weighted by Gasteiger charge is 2.17. The number of nitrogen functional groups attached to an aromatic ring is 1. The zero-order valence-electron chi connectivity index (χ0n) is 22.5. The molecule has 0 aliphatic carbocycles. The minimum atomic E-state index is 0.155. The number of aromatic nitrogens is 5. The maximum Gasteiger partial charge on any atom is 0.298 e. The molecular weight excluding hydrogens is 470 g/mol. The molecule has 0 unspecified atom stereocenters. The molecule has 4 rings (SSSR count). The van der Waals surface area contributed by atoms with Gasteiger partial charge in [-0.15, -0.1) is 0 Å². The van der Waals surface area contributed by atoms with E-state index in [0.29, 0.717) is 40.4 Å². The fourth-order valence-corrected chi connectivity index (χ4v) is 4.09. The predicted octanol–water partition coefficient (Wildman–Crippen LogP) is 3.81. The molecule has 3 heterocycles. The van der Waals surface area contributed by atoms with E-state index in [2.05, 4.69) is 43.9 Å². The van der Waals surface area contributed by atoms with Crippen molar-refractivity contribution in [3.63, 3.8) is 0 Å². The molecule has 3 aromatic heterocycles. The van der Waals surface area contributed by atoms with Crippen LogP contribution in [0.5, 0.6) is 11.8 Å². The lowest BCUT2D eigenvalue weighted by atomic mass is 10.2. The lowest BCUT2D eigenvalue weighted by molar-refractivity contribution is 0.350. The van der Waals surface area contributed by atoms with Gasteiger partial charge in [0.2, 0.25) is 5.95 Å². The second-order valence-corrected chi connectivity index (χ2v) is 9.36. The Morgan fingerprint density at radius 3 is 2.49 bits per heavy atom. The number of ether oxygens (including phenoxy) is 2. The van der Waals surface area contributed by atoms with Crippen molar-refractivity contribution in [2.24, 2.45) is 0 Å². The number of rotatable bonds is 10. The van der Waals surface area contributed by atoms with Gasteiger partial charge in [-0.25, -0.2) is 15.0 Å². The predicted molar refractivity (Wildman–Crippen MR) is 148 cm³/mol. The number of nitrogens with one attached hydrogen (secondary N) is 1. The number of pyridine rings is 1. The molecule has 0 saturated heterocycles. The number of anilines is 4. The van der Waals surface area contributed by atoms with E-state index in [-0.39, 0.29) is 6.04 Å². The number of nitrogens with zero attached hydrogens (tertiary/aromatic N) is 7. The van der Waals surface area contributed by atoms with Crippen LogP contribution in [0.25, 0.3) is 22.4 Å². The molecule has 0 aliphatic heterocycles. The monoisotopic (exact) mass is 505 g/mol. The first-order valence-electron chi connectivity index (χ1n) is 12.1. The Balaban J connectivity index is 1.64. The van der Waals surface area contributed by atoms with E-state index in [4.69, 9.17) is 20.2 Å². The van der Waals surface area contributed by atoms with Crippen LogP contribution >= 0.6 is 0 Å². The van der Waals surface area contributed by atoms with Gasteiger partial charge in [0.1, 0.15) is 5.75 Å². The van der Waals surface area contributed by atoms with Crippen molar-refractivity contribution in [3.8, 4) is 23.0 Å². The van der Waals surface area contributed by atoms with Crippen LogP contribution in [0.15, 0.2) is 36.7 Å². The summed E-state index contributed by atoms with van der Waals surface area (Å²) in [7, 11) is 9.34. The third kappa shape index (κ3) is 5.51. The molecule has 196 valence electrons. The third-order valence-corrected chi connectivity index (χ3v) is 6.05. The van der Waals surface area contributed by atoms with Crippen LogP contribution in [0.3, 0.4) is 0 Å². The topological polar surface area (TPSA) is 119 Å². The van der Waals surface area contributed by atoms with E-state index in [1.54, 1.807) is 26.6 Å². The number of likely N-dealkylation sites (N-methyl/N-ethyl adjacent to an activating group) is 2. The molecule has 0 fully saturated rings. The molecule has 11 heteroatoms. The highest BCUT2D eigenvalue weighted by atomic mass is 16.5. The van der Waals surface area contributed by atoms with Crippen LogP contribution in [-0.2, 0) is 0 Å². The summed E-state index contributed by atoms with van der Waals surface area (Å²) in [5.74, 6) is 1.06. The molecule has 0 atom stereocenters. The van der Waals surface area contributed by atoms with E-state index in [9.17, 15) is 0 Å². The molecule has 37 heavy (non-hydrogen) atoms. The Morgan fingerprint density at radius 2 is 1.81 bits per heavy atom.